The van der Waals surface area contributed by atoms with E-state index in [1.165, 1.54) is 11.1 Å². The van der Waals surface area contributed by atoms with E-state index in [1.807, 2.05) is 12.1 Å². The van der Waals surface area contributed by atoms with Gasteiger partial charge in [-0.2, -0.15) is 0 Å². The summed E-state index contributed by atoms with van der Waals surface area (Å²) in [7, 11) is 0. The van der Waals surface area contributed by atoms with Crippen LogP contribution in [0.1, 0.15) is 39.5 Å². The van der Waals surface area contributed by atoms with Crippen LogP contribution in [-0.2, 0) is 12.8 Å². The molecule has 4 heteroatoms. The Hall–Kier alpha value is -2.33. The minimum absolute atomic E-state index is 0.0282. The third kappa shape index (κ3) is 2.89. The summed E-state index contributed by atoms with van der Waals surface area (Å²) in [5.74, 6) is 0.0282. The zero-order chi connectivity index (χ0) is 16.4. The van der Waals surface area contributed by atoms with E-state index in [9.17, 15) is 4.79 Å². The summed E-state index contributed by atoms with van der Waals surface area (Å²) in [4.78, 5) is 12.7. The van der Waals surface area contributed by atoms with Gasteiger partial charge in [-0.25, -0.2) is 0 Å². The fourth-order valence-corrected chi connectivity index (χ4v) is 3.79. The second-order valence-electron chi connectivity index (χ2n) is 6.53. The normalized spacial score (nSPS) is 18.9. The van der Waals surface area contributed by atoms with Crippen molar-refractivity contribution in [2.24, 2.45) is 0 Å². The maximum absolute atomic E-state index is 12.7. The van der Waals surface area contributed by atoms with E-state index < -0.39 is 0 Å². The molecular weight excluding hydrogens is 298 g/mol. The minimum Gasteiger partial charge on any atom is -0.385 e. The summed E-state index contributed by atoms with van der Waals surface area (Å²) < 4.78 is 0. The molecule has 3 N–H and O–H groups in total. The highest BCUT2D eigenvalue weighted by atomic mass is 16.1. The first-order valence-electron chi connectivity index (χ1n) is 8.78. The summed E-state index contributed by atoms with van der Waals surface area (Å²) >= 11 is 0. The number of hydrogen-bond donors (Lipinski definition) is 3. The lowest BCUT2D eigenvalue weighted by molar-refractivity contribution is 0.0948. The van der Waals surface area contributed by atoms with Crippen LogP contribution >= 0.6 is 0 Å². The van der Waals surface area contributed by atoms with Crippen LogP contribution in [0.25, 0.3) is 0 Å². The first-order chi connectivity index (χ1) is 11.8. The molecule has 0 saturated heterocycles. The van der Waals surface area contributed by atoms with Gasteiger partial charge < -0.3 is 16.0 Å². The van der Waals surface area contributed by atoms with Crippen LogP contribution in [0.5, 0.6) is 0 Å². The lowest BCUT2D eigenvalue weighted by Gasteiger charge is -2.27. The SMILES string of the molecule is O=C(NCC1NCCc2ccccc21)c1cccc2c1CCCN2. The van der Waals surface area contributed by atoms with Gasteiger partial charge in [0.05, 0.1) is 0 Å². The van der Waals surface area contributed by atoms with Crippen molar-refractivity contribution < 1.29 is 4.79 Å². The van der Waals surface area contributed by atoms with Crippen molar-refractivity contribution in [3.8, 4) is 0 Å². The van der Waals surface area contributed by atoms with Gasteiger partial charge in [0, 0.05) is 30.4 Å². The monoisotopic (exact) mass is 321 g/mol. The van der Waals surface area contributed by atoms with Gasteiger partial charge in [-0.05, 0) is 54.6 Å². The van der Waals surface area contributed by atoms with E-state index in [2.05, 4.69) is 46.3 Å². The molecule has 1 amide bonds. The largest absolute Gasteiger partial charge is 0.385 e. The molecular formula is C20H23N3O. The average molecular weight is 321 g/mol. The summed E-state index contributed by atoms with van der Waals surface area (Å²) in [6.45, 7) is 2.57. The standard InChI is InChI=1S/C20H23N3O/c24-20(17-7-3-9-18-16(17)8-4-11-21-18)23-13-19-15-6-2-1-5-14(15)10-12-22-19/h1-3,5-7,9,19,21-22H,4,8,10-13H2,(H,23,24). The number of nitrogens with one attached hydrogen (secondary N) is 3. The fraction of sp³-hybridized carbons (Fsp3) is 0.350. The fourth-order valence-electron chi connectivity index (χ4n) is 3.79. The predicted molar refractivity (Wildman–Crippen MR) is 96.5 cm³/mol. The van der Waals surface area contributed by atoms with Crippen LogP contribution in [0.15, 0.2) is 42.5 Å². The van der Waals surface area contributed by atoms with Gasteiger partial charge >= 0.3 is 0 Å². The van der Waals surface area contributed by atoms with E-state index in [0.717, 1.165) is 49.2 Å². The molecule has 1 atom stereocenters. The second kappa shape index (κ2) is 6.65. The molecule has 2 aliphatic heterocycles. The van der Waals surface area contributed by atoms with Crippen molar-refractivity contribution in [3.05, 3.63) is 64.7 Å². The van der Waals surface area contributed by atoms with E-state index in [1.54, 1.807) is 0 Å². The smallest absolute Gasteiger partial charge is 0.251 e. The number of anilines is 1. The number of amides is 1. The lowest BCUT2D eigenvalue weighted by atomic mass is 9.94. The van der Waals surface area contributed by atoms with Gasteiger partial charge in [-0.15, -0.1) is 0 Å². The number of hydrogen-bond acceptors (Lipinski definition) is 3. The molecule has 1 unspecified atom stereocenters. The lowest BCUT2D eigenvalue weighted by Crippen LogP contribution is -2.39. The third-order valence-electron chi connectivity index (χ3n) is 5.02. The molecule has 2 aromatic rings. The van der Waals surface area contributed by atoms with Crippen molar-refractivity contribution >= 4 is 11.6 Å². The first-order valence-corrected chi connectivity index (χ1v) is 8.78. The van der Waals surface area contributed by atoms with Gasteiger partial charge in [0.1, 0.15) is 0 Å². The molecule has 2 heterocycles. The van der Waals surface area contributed by atoms with E-state index in [-0.39, 0.29) is 11.9 Å². The Balaban J connectivity index is 1.48. The summed E-state index contributed by atoms with van der Waals surface area (Å²) in [6, 6.07) is 14.6. The quantitative estimate of drug-likeness (QED) is 0.815. The molecule has 2 aliphatic rings. The van der Waals surface area contributed by atoms with Crippen molar-refractivity contribution in [2.75, 3.05) is 25.0 Å². The zero-order valence-electron chi connectivity index (χ0n) is 13.8. The molecule has 0 aromatic heterocycles. The van der Waals surface area contributed by atoms with Crippen LogP contribution in [0, 0.1) is 0 Å². The van der Waals surface area contributed by atoms with Gasteiger partial charge in [-0.3, -0.25) is 4.79 Å². The van der Waals surface area contributed by atoms with Gasteiger partial charge in [0.25, 0.3) is 5.91 Å². The number of fused-ring (bicyclic) bond motifs is 2. The molecule has 24 heavy (non-hydrogen) atoms. The first kappa shape index (κ1) is 15.2. The summed E-state index contributed by atoms with van der Waals surface area (Å²) in [5.41, 5.74) is 5.76. The van der Waals surface area contributed by atoms with Crippen LogP contribution in [0.4, 0.5) is 5.69 Å². The number of rotatable bonds is 3. The van der Waals surface area contributed by atoms with Crippen LogP contribution < -0.4 is 16.0 Å². The van der Waals surface area contributed by atoms with Crippen molar-refractivity contribution in [3.63, 3.8) is 0 Å². The third-order valence-corrected chi connectivity index (χ3v) is 5.02. The molecule has 2 aromatic carbocycles. The topological polar surface area (TPSA) is 53.2 Å². The summed E-state index contributed by atoms with van der Waals surface area (Å²) in [6.07, 6.45) is 3.10. The highest BCUT2D eigenvalue weighted by Crippen LogP contribution is 2.26. The highest BCUT2D eigenvalue weighted by molar-refractivity contribution is 5.97. The molecule has 0 saturated carbocycles. The molecule has 0 radical (unpaired) electrons. The maximum Gasteiger partial charge on any atom is 0.251 e. The minimum atomic E-state index is 0.0282. The van der Waals surface area contributed by atoms with Gasteiger partial charge in [0.15, 0.2) is 0 Å². The number of benzene rings is 2. The Morgan fingerprint density at radius 3 is 2.96 bits per heavy atom. The molecule has 4 rings (SSSR count). The van der Waals surface area contributed by atoms with Crippen molar-refractivity contribution in [1.82, 2.24) is 10.6 Å². The Labute approximate surface area is 142 Å². The highest BCUT2D eigenvalue weighted by Gasteiger charge is 2.21. The molecule has 4 nitrogen and oxygen atoms in total. The van der Waals surface area contributed by atoms with Gasteiger partial charge in [0.2, 0.25) is 0 Å². The van der Waals surface area contributed by atoms with E-state index >= 15 is 0 Å². The zero-order valence-corrected chi connectivity index (χ0v) is 13.8. The molecule has 0 spiro atoms. The van der Waals surface area contributed by atoms with Crippen molar-refractivity contribution in [2.45, 2.75) is 25.3 Å². The number of carbonyl (C=O) groups excluding carboxylic acids is 1. The Bertz CT molecular complexity index is 756. The van der Waals surface area contributed by atoms with E-state index in [4.69, 9.17) is 0 Å². The Kier molecular flexibility index (Phi) is 4.22. The molecule has 124 valence electrons. The molecule has 0 aliphatic carbocycles. The number of carbonyl (C=O) groups is 1. The van der Waals surface area contributed by atoms with Crippen LogP contribution in [0.3, 0.4) is 0 Å². The second-order valence-corrected chi connectivity index (χ2v) is 6.53. The van der Waals surface area contributed by atoms with Crippen molar-refractivity contribution in [1.29, 1.82) is 0 Å². The Morgan fingerprint density at radius 1 is 1.08 bits per heavy atom. The van der Waals surface area contributed by atoms with Crippen LogP contribution in [-0.4, -0.2) is 25.5 Å². The predicted octanol–water partition coefficient (Wildman–Crippen LogP) is 2.66. The Morgan fingerprint density at radius 2 is 2.00 bits per heavy atom. The molecule has 0 fully saturated rings. The van der Waals surface area contributed by atoms with Gasteiger partial charge in [-0.1, -0.05) is 30.3 Å². The van der Waals surface area contributed by atoms with E-state index in [0.29, 0.717) is 6.54 Å². The summed E-state index contributed by atoms with van der Waals surface area (Å²) in [5, 5.41) is 10.0. The average Bonchev–Trinajstić information content (AvgIpc) is 2.65. The maximum atomic E-state index is 12.7. The molecule has 0 bridgehead atoms. The van der Waals surface area contributed by atoms with Crippen LogP contribution in [0.2, 0.25) is 0 Å².